The van der Waals surface area contributed by atoms with Crippen molar-refractivity contribution >= 4 is 5.97 Å². The van der Waals surface area contributed by atoms with Crippen LogP contribution in [0.2, 0.25) is 0 Å². The van der Waals surface area contributed by atoms with E-state index in [1.807, 2.05) is 0 Å². The highest BCUT2D eigenvalue weighted by atomic mass is 16.6. The van der Waals surface area contributed by atoms with Gasteiger partial charge >= 0.3 is 5.97 Å². The Labute approximate surface area is 104 Å². The van der Waals surface area contributed by atoms with Crippen molar-refractivity contribution in [2.45, 2.75) is 39.7 Å². The van der Waals surface area contributed by atoms with Crippen molar-refractivity contribution in [1.29, 1.82) is 0 Å². The Morgan fingerprint density at radius 1 is 1.35 bits per heavy atom. The van der Waals surface area contributed by atoms with Crippen LogP contribution in [0.3, 0.4) is 0 Å². The standard InChI is InChI=1S/C13H25NO3/c1-4-17-13(15)9-16-8-7-14-12-6-5-10(2)11(12)3/h10-12,14H,4-9H2,1-3H3. The minimum absolute atomic E-state index is 0.0616. The van der Waals surface area contributed by atoms with Gasteiger partial charge in [-0.1, -0.05) is 13.8 Å². The van der Waals surface area contributed by atoms with E-state index in [9.17, 15) is 4.79 Å². The van der Waals surface area contributed by atoms with Gasteiger partial charge in [0.05, 0.1) is 13.2 Å². The zero-order valence-electron chi connectivity index (χ0n) is 11.2. The largest absolute Gasteiger partial charge is 0.464 e. The van der Waals surface area contributed by atoms with E-state index < -0.39 is 0 Å². The molecule has 0 aromatic carbocycles. The van der Waals surface area contributed by atoms with Gasteiger partial charge in [-0.3, -0.25) is 0 Å². The first kappa shape index (κ1) is 14.5. The molecule has 0 heterocycles. The van der Waals surface area contributed by atoms with Crippen LogP contribution in [-0.4, -0.2) is 38.4 Å². The topological polar surface area (TPSA) is 47.6 Å². The van der Waals surface area contributed by atoms with E-state index in [1.165, 1.54) is 12.8 Å². The van der Waals surface area contributed by atoms with Gasteiger partial charge in [-0.15, -0.1) is 0 Å². The highest BCUT2D eigenvalue weighted by Crippen LogP contribution is 2.30. The lowest BCUT2D eigenvalue weighted by molar-refractivity contribution is -0.148. The maximum absolute atomic E-state index is 11.0. The summed E-state index contributed by atoms with van der Waals surface area (Å²) in [6.45, 7) is 8.25. The van der Waals surface area contributed by atoms with Gasteiger partial charge in [-0.05, 0) is 31.6 Å². The van der Waals surface area contributed by atoms with Crippen molar-refractivity contribution in [3.05, 3.63) is 0 Å². The molecule has 1 aliphatic carbocycles. The number of esters is 1. The van der Waals surface area contributed by atoms with Gasteiger partial charge < -0.3 is 14.8 Å². The highest BCUT2D eigenvalue weighted by Gasteiger charge is 2.28. The zero-order valence-corrected chi connectivity index (χ0v) is 11.2. The fourth-order valence-corrected chi connectivity index (χ4v) is 2.33. The number of carbonyl (C=O) groups is 1. The van der Waals surface area contributed by atoms with Gasteiger partial charge in [0.1, 0.15) is 6.61 Å². The summed E-state index contributed by atoms with van der Waals surface area (Å²) in [7, 11) is 0. The van der Waals surface area contributed by atoms with Gasteiger partial charge in [0.2, 0.25) is 0 Å². The number of ether oxygens (including phenoxy) is 2. The molecule has 4 nitrogen and oxygen atoms in total. The average molecular weight is 243 g/mol. The molecule has 3 atom stereocenters. The van der Waals surface area contributed by atoms with Gasteiger partial charge in [-0.25, -0.2) is 4.79 Å². The lowest BCUT2D eigenvalue weighted by Gasteiger charge is -2.19. The van der Waals surface area contributed by atoms with Gasteiger partial charge in [0, 0.05) is 12.6 Å². The molecule has 0 saturated heterocycles. The second-order valence-electron chi connectivity index (χ2n) is 4.83. The fourth-order valence-electron chi connectivity index (χ4n) is 2.33. The van der Waals surface area contributed by atoms with Crippen molar-refractivity contribution in [3.63, 3.8) is 0 Å². The molecule has 1 N–H and O–H groups in total. The predicted molar refractivity (Wildman–Crippen MR) is 66.8 cm³/mol. The summed E-state index contributed by atoms with van der Waals surface area (Å²) in [4.78, 5) is 11.0. The molecule has 1 aliphatic rings. The molecule has 17 heavy (non-hydrogen) atoms. The summed E-state index contributed by atoms with van der Waals surface area (Å²) in [5, 5.41) is 3.49. The Bertz CT molecular complexity index is 233. The first-order chi connectivity index (χ1) is 8.15. The van der Waals surface area contributed by atoms with Crippen LogP contribution >= 0.6 is 0 Å². The predicted octanol–water partition coefficient (Wildman–Crippen LogP) is 1.59. The van der Waals surface area contributed by atoms with Gasteiger partial charge in [0.25, 0.3) is 0 Å². The zero-order chi connectivity index (χ0) is 12.7. The van der Waals surface area contributed by atoms with E-state index in [1.54, 1.807) is 6.92 Å². The molecule has 0 amide bonds. The molecule has 0 aromatic heterocycles. The summed E-state index contributed by atoms with van der Waals surface area (Å²) in [6.07, 6.45) is 2.56. The van der Waals surface area contributed by atoms with Crippen LogP contribution in [0.5, 0.6) is 0 Å². The van der Waals surface area contributed by atoms with E-state index in [-0.39, 0.29) is 12.6 Å². The van der Waals surface area contributed by atoms with Crippen molar-refractivity contribution in [2.24, 2.45) is 11.8 Å². The first-order valence-electron chi connectivity index (χ1n) is 6.62. The van der Waals surface area contributed by atoms with Crippen molar-refractivity contribution in [2.75, 3.05) is 26.4 Å². The Hall–Kier alpha value is -0.610. The molecule has 0 aromatic rings. The van der Waals surface area contributed by atoms with Crippen LogP contribution in [0.15, 0.2) is 0 Å². The van der Waals surface area contributed by atoms with E-state index in [0.717, 1.165) is 18.4 Å². The minimum Gasteiger partial charge on any atom is -0.464 e. The molecule has 4 heteroatoms. The monoisotopic (exact) mass is 243 g/mol. The molecule has 1 fully saturated rings. The van der Waals surface area contributed by atoms with E-state index in [4.69, 9.17) is 9.47 Å². The number of hydrogen-bond donors (Lipinski definition) is 1. The summed E-state index contributed by atoms with van der Waals surface area (Å²) >= 11 is 0. The first-order valence-corrected chi connectivity index (χ1v) is 6.62. The summed E-state index contributed by atoms with van der Waals surface area (Å²) in [5.74, 6) is 1.27. The molecule has 1 saturated carbocycles. The third-order valence-corrected chi connectivity index (χ3v) is 3.64. The molecule has 1 rings (SSSR count). The number of carbonyl (C=O) groups excluding carboxylic acids is 1. The highest BCUT2D eigenvalue weighted by molar-refractivity contribution is 5.70. The maximum atomic E-state index is 11.0. The molecule has 0 spiro atoms. The molecule has 100 valence electrons. The summed E-state index contributed by atoms with van der Waals surface area (Å²) in [6, 6.07) is 0.608. The minimum atomic E-state index is -0.282. The third kappa shape index (κ3) is 5.04. The Kier molecular flexibility index (Phi) is 6.52. The summed E-state index contributed by atoms with van der Waals surface area (Å²) < 4.78 is 10.0. The molecular weight excluding hydrogens is 218 g/mol. The molecule has 0 radical (unpaired) electrons. The van der Waals surface area contributed by atoms with Crippen LogP contribution in [0.25, 0.3) is 0 Å². The molecule has 3 unspecified atom stereocenters. The van der Waals surface area contributed by atoms with Crippen molar-refractivity contribution in [1.82, 2.24) is 5.32 Å². The van der Waals surface area contributed by atoms with Crippen molar-refractivity contribution in [3.8, 4) is 0 Å². The smallest absolute Gasteiger partial charge is 0.332 e. The number of nitrogens with one attached hydrogen (secondary N) is 1. The Morgan fingerprint density at radius 3 is 2.71 bits per heavy atom. The fraction of sp³-hybridized carbons (Fsp3) is 0.923. The maximum Gasteiger partial charge on any atom is 0.332 e. The molecule has 0 bridgehead atoms. The quantitative estimate of drug-likeness (QED) is 0.545. The third-order valence-electron chi connectivity index (χ3n) is 3.64. The van der Waals surface area contributed by atoms with E-state index >= 15 is 0 Å². The lowest BCUT2D eigenvalue weighted by Crippen LogP contribution is -2.35. The molecule has 0 aliphatic heterocycles. The normalized spacial score (nSPS) is 28.3. The van der Waals surface area contributed by atoms with E-state index in [0.29, 0.717) is 19.3 Å². The van der Waals surface area contributed by atoms with E-state index in [2.05, 4.69) is 19.2 Å². The number of hydrogen-bond acceptors (Lipinski definition) is 4. The van der Waals surface area contributed by atoms with Gasteiger partial charge in [-0.2, -0.15) is 0 Å². The Balaban J connectivity index is 1.99. The van der Waals surface area contributed by atoms with Crippen LogP contribution < -0.4 is 5.32 Å². The van der Waals surface area contributed by atoms with Crippen LogP contribution in [0, 0.1) is 11.8 Å². The lowest BCUT2D eigenvalue weighted by atomic mass is 9.98. The Morgan fingerprint density at radius 2 is 2.12 bits per heavy atom. The van der Waals surface area contributed by atoms with Crippen LogP contribution in [0.4, 0.5) is 0 Å². The van der Waals surface area contributed by atoms with Crippen molar-refractivity contribution < 1.29 is 14.3 Å². The molecular formula is C13H25NO3. The van der Waals surface area contributed by atoms with Crippen LogP contribution in [0.1, 0.15) is 33.6 Å². The SMILES string of the molecule is CCOC(=O)COCCNC1CCC(C)C1C. The summed E-state index contributed by atoms with van der Waals surface area (Å²) in [5.41, 5.74) is 0. The number of rotatable bonds is 7. The second kappa shape index (κ2) is 7.67. The average Bonchev–Trinajstić information content (AvgIpc) is 2.60. The second-order valence-corrected chi connectivity index (χ2v) is 4.83. The van der Waals surface area contributed by atoms with Crippen LogP contribution in [-0.2, 0) is 14.3 Å². The van der Waals surface area contributed by atoms with Gasteiger partial charge in [0.15, 0.2) is 0 Å².